The second-order valence-corrected chi connectivity index (χ2v) is 5.77. The number of fused-ring (bicyclic) bond motifs is 1. The lowest BCUT2D eigenvalue weighted by atomic mass is 10.2. The zero-order chi connectivity index (χ0) is 17.2. The lowest BCUT2D eigenvalue weighted by Gasteiger charge is -2.12. The van der Waals surface area contributed by atoms with E-state index in [1.165, 1.54) is 0 Å². The van der Waals surface area contributed by atoms with E-state index in [1.54, 1.807) is 18.3 Å². The first kappa shape index (κ1) is 15.1. The van der Waals surface area contributed by atoms with Crippen LogP contribution in [0.4, 0.5) is 5.69 Å². The average Bonchev–Trinajstić information content (AvgIpc) is 2.94. The van der Waals surface area contributed by atoms with Crippen molar-refractivity contribution >= 4 is 28.4 Å². The molecule has 2 N–H and O–H groups in total. The van der Waals surface area contributed by atoms with Crippen LogP contribution < -0.4 is 15.4 Å². The molecule has 1 atom stereocenters. The first-order valence-corrected chi connectivity index (χ1v) is 7.91. The Hall–Kier alpha value is -3.41. The molecule has 0 bridgehead atoms. The van der Waals surface area contributed by atoms with Crippen molar-refractivity contribution in [3.05, 3.63) is 60.8 Å². The minimum atomic E-state index is -0.526. The quantitative estimate of drug-likeness (QED) is 0.718. The Balaban J connectivity index is 1.50. The molecule has 1 fully saturated rings. The number of hydrogen-bond acceptors (Lipinski definition) is 5. The van der Waals surface area contributed by atoms with Gasteiger partial charge in [0.15, 0.2) is 5.75 Å². The summed E-state index contributed by atoms with van der Waals surface area (Å²) in [5.74, 6) is 0.785. The zero-order valence-electron chi connectivity index (χ0n) is 13.2. The van der Waals surface area contributed by atoms with Crippen LogP contribution in [-0.4, -0.2) is 22.8 Å². The monoisotopic (exact) mass is 333 g/mol. The molecular weight excluding hydrogens is 318 g/mol. The Labute approximate surface area is 143 Å². The van der Waals surface area contributed by atoms with Crippen LogP contribution in [0.1, 0.15) is 6.42 Å². The molecule has 1 aliphatic rings. The van der Waals surface area contributed by atoms with Gasteiger partial charge < -0.3 is 10.1 Å². The van der Waals surface area contributed by atoms with Gasteiger partial charge in [-0.05, 0) is 36.4 Å². The van der Waals surface area contributed by atoms with Crippen molar-refractivity contribution in [1.29, 1.82) is 0 Å². The van der Waals surface area contributed by atoms with Crippen molar-refractivity contribution < 1.29 is 14.3 Å². The van der Waals surface area contributed by atoms with Gasteiger partial charge >= 0.3 is 0 Å². The SMILES string of the molecule is O=C1CC(Nc2ccc(Oc3cccc4cccnc34)cc2)C(=O)N1. The topological polar surface area (TPSA) is 80.3 Å². The molecule has 0 spiro atoms. The summed E-state index contributed by atoms with van der Waals surface area (Å²) in [6.45, 7) is 0. The fraction of sp³-hybridized carbons (Fsp3) is 0.105. The fourth-order valence-electron chi connectivity index (χ4n) is 2.78. The van der Waals surface area contributed by atoms with Crippen LogP contribution in [0.25, 0.3) is 10.9 Å². The third kappa shape index (κ3) is 3.14. The van der Waals surface area contributed by atoms with Crippen molar-refractivity contribution in [3.63, 3.8) is 0 Å². The molecule has 0 aliphatic carbocycles. The molecule has 1 saturated heterocycles. The summed E-state index contributed by atoms with van der Waals surface area (Å²) in [6.07, 6.45) is 1.88. The number of anilines is 1. The number of ether oxygens (including phenoxy) is 1. The maximum atomic E-state index is 11.6. The highest BCUT2D eigenvalue weighted by Crippen LogP contribution is 2.29. The Morgan fingerprint density at radius 3 is 2.60 bits per heavy atom. The normalized spacial score (nSPS) is 16.7. The number of benzene rings is 2. The molecule has 3 aromatic rings. The van der Waals surface area contributed by atoms with Gasteiger partial charge in [0.05, 0.1) is 6.42 Å². The van der Waals surface area contributed by atoms with Gasteiger partial charge in [-0.3, -0.25) is 19.9 Å². The van der Waals surface area contributed by atoms with Crippen molar-refractivity contribution in [3.8, 4) is 11.5 Å². The number of carbonyl (C=O) groups excluding carboxylic acids is 2. The van der Waals surface area contributed by atoms with Crippen molar-refractivity contribution in [2.24, 2.45) is 0 Å². The first-order chi connectivity index (χ1) is 12.2. The highest BCUT2D eigenvalue weighted by Gasteiger charge is 2.30. The highest BCUT2D eigenvalue weighted by molar-refractivity contribution is 6.06. The largest absolute Gasteiger partial charge is 0.455 e. The number of imide groups is 1. The van der Waals surface area contributed by atoms with E-state index >= 15 is 0 Å². The number of amides is 2. The molecule has 25 heavy (non-hydrogen) atoms. The number of pyridine rings is 1. The molecule has 0 saturated carbocycles. The summed E-state index contributed by atoms with van der Waals surface area (Å²) in [5.41, 5.74) is 1.55. The number of nitrogens with zero attached hydrogens (tertiary/aromatic N) is 1. The smallest absolute Gasteiger partial charge is 0.249 e. The van der Waals surface area contributed by atoms with Crippen LogP contribution >= 0.6 is 0 Å². The van der Waals surface area contributed by atoms with Crippen LogP contribution in [0.2, 0.25) is 0 Å². The van der Waals surface area contributed by atoms with Crippen molar-refractivity contribution in [1.82, 2.24) is 10.3 Å². The van der Waals surface area contributed by atoms with Gasteiger partial charge in [-0.1, -0.05) is 18.2 Å². The molecule has 124 valence electrons. The van der Waals surface area contributed by atoms with E-state index in [0.717, 1.165) is 16.6 Å². The Morgan fingerprint density at radius 1 is 1.04 bits per heavy atom. The predicted molar refractivity (Wildman–Crippen MR) is 93.4 cm³/mol. The van der Waals surface area contributed by atoms with Gasteiger partial charge in [0, 0.05) is 17.3 Å². The molecule has 2 aromatic carbocycles. The van der Waals surface area contributed by atoms with Gasteiger partial charge in [0.1, 0.15) is 17.3 Å². The number of rotatable bonds is 4. The lowest BCUT2D eigenvalue weighted by Crippen LogP contribution is -2.29. The maximum Gasteiger partial charge on any atom is 0.249 e. The Kier molecular flexibility index (Phi) is 3.78. The maximum absolute atomic E-state index is 11.6. The molecule has 6 nitrogen and oxygen atoms in total. The van der Waals surface area contributed by atoms with E-state index in [-0.39, 0.29) is 18.2 Å². The second kappa shape index (κ2) is 6.24. The molecule has 0 radical (unpaired) electrons. The van der Waals surface area contributed by atoms with Gasteiger partial charge in [-0.25, -0.2) is 0 Å². The average molecular weight is 333 g/mol. The summed E-state index contributed by atoms with van der Waals surface area (Å²) in [6, 6.07) is 16.3. The number of carbonyl (C=O) groups is 2. The number of nitrogens with one attached hydrogen (secondary N) is 2. The number of aromatic nitrogens is 1. The van der Waals surface area contributed by atoms with Crippen LogP contribution in [-0.2, 0) is 9.59 Å². The van der Waals surface area contributed by atoms with Crippen molar-refractivity contribution in [2.75, 3.05) is 5.32 Å². The Morgan fingerprint density at radius 2 is 1.84 bits per heavy atom. The summed E-state index contributed by atoms with van der Waals surface area (Å²) < 4.78 is 5.93. The molecular formula is C19H15N3O3. The van der Waals surface area contributed by atoms with Crippen molar-refractivity contribution in [2.45, 2.75) is 12.5 Å². The lowest BCUT2D eigenvalue weighted by molar-refractivity contribution is -0.124. The summed E-state index contributed by atoms with van der Waals surface area (Å²) in [7, 11) is 0. The molecule has 6 heteroatoms. The standard InChI is InChI=1S/C19H15N3O3/c23-17-11-15(19(24)22-17)21-13-6-8-14(9-7-13)25-16-5-1-3-12-4-2-10-20-18(12)16/h1-10,15,21H,11H2,(H,22,23,24). The molecule has 1 unspecified atom stereocenters. The predicted octanol–water partition coefficient (Wildman–Crippen LogP) is 2.85. The van der Waals surface area contributed by atoms with Crippen LogP contribution in [0.15, 0.2) is 60.8 Å². The first-order valence-electron chi connectivity index (χ1n) is 7.91. The molecule has 4 rings (SSSR count). The number of hydrogen-bond donors (Lipinski definition) is 2. The van der Waals surface area contributed by atoms with Gasteiger partial charge in [-0.15, -0.1) is 0 Å². The summed E-state index contributed by atoms with van der Waals surface area (Å²) in [5, 5.41) is 6.33. The van der Waals surface area contributed by atoms with Crippen LogP contribution in [0.3, 0.4) is 0 Å². The van der Waals surface area contributed by atoms with Crippen LogP contribution in [0.5, 0.6) is 11.5 Å². The van der Waals surface area contributed by atoms with Gasteiger partial charge in [-0.2, -0.15) is 0 Å². The van der Waals surface area contributed by atoms with E-state index in [4.69, 9.17) is 4.74 Å². The van der Waals surface area contributed by atoms with E-state index in [1.807, 2.05) is 42.5 Å². The van der Waals surface area contributed by atoms with E-state index < -0.39 is 6.04 Å². The molecule has 2 amide bonds. The van der Waals surface area contributed by atoms with E-state index in [0.29, 0.717) is 11.5 Å². The zero-order valence-corrected chi connectivity index (χ0v) is 13.2. The minimum Gasteiger partial charge on any atom is -0.455 e. The second-order valence-electron chi connectivity index (χ2n) is 5.77. The summed E-state index contributed by atoms with van der Waals surface area (Å²) >= 11 is 0. The fourth-order valence-corrected chi connectivity index (χ4v) is 2.78. The number of para-hydroxylation sites is 1. The van der Waals surface area contributed by atoms with Gasteiger partial charge in [0.2, 0.25) is 11.8 Å². The highest BCUT2D eigenvalue weighted by atomic mass is 16.5. The molecule has 2 heterocycles. The van der Waals surface area contributed by atoms with Crippen LogP contribution in [0, 0.1) is 0 Å². The molecule has 1 aliphatic heterocycles. The van der Waals surface area contributed by atoms with E-state index in [9.17, 15) is 9.59 Å². The Bertz CT molecular complexity index is 948. The van der Waals surface area contributed by atoms with Gasteiger partial charge in [0.25, 0.3) is 0 Å². The third-order valence-electron chi connectivity index (χ3n) is 3.99. The minimum absolute atomic E-state index is 0.152. The third-order valence-corrected chi connectivity index (χ3v) is 3.99. The summed E-state index contributed by atoms with van der Waals surface area (Å²) in [4.78, 5) is 27.2. The molecule has 1 aromatic heterocycles. The van der Waals surface area contributed by atoms with E-state index in [2.05, 4.69) is 15.6 Å².